The van der Waals surface area contributed by atoms with Crippen LogP contribution < -0.4 is 5.32 Å². The summed E-state index contributed by atoms with van der Waals surface area (Å²) in [5.41, 5.74) is 0. The van der Waals surface area contributed by atoms with Crippen LogP contribution in [-0.2, 0) is 4.74 Å². The van der Waals surface area contributed by atoms with E-state index in [9.17, 15) is 0 Å². The van der Waals surface area contributed by atoms with Crippen LogP contribution in [0.3, 0.4) is 0 Å². The molecule has 0 radical (unpaired) electrons. The van der Waals surface area contributed by atoms with Gasteiger partial charge < -0.3 is 10.1 Å². The Morgan fingerprint density at radius 1 is 1.33 bits per heavy atom. The third-order valence-electron chi connectivity index (χ3n) is 1.55. The molecule has 0 atom stereocenters. The number of hydrogen-bond donors (Lipinski definition) is 1. The van der Waals surface area contributed by atoms with Crippen molar-refractivity contribution in [3.05, 3.63) is 12.7 Å². The van der Waals surface area contributed by atoms with Gasteiger partial charge in [-0.3, -0.25) is 0 Å². The van der Waals surface area contributed by atoms with E-state index in [1.54, 1.807) is 6.08 Å². The van der Waals surface area contributed by atoms with E-state index in [0.29, 0.717) is 6.61 Å². The maximum absolute atomic E-state index is 5.24. The van der Waals surface area contributed by atoms with Gasteiger partial charge in [0, 0.05) is 6.61 Å². The Hall–Kier alpha value is -0.340. The molecule has 0 saturated carbocycles. The molecular formula is C10H21NO. The highest BCUT2D eigenvalue weighted by Gasteiger charge is 1.87. The van der Waals surface area contributed by atoms with E-state index in [0.717, 1.165) is 26.1 Å². The zero-order valence-corrected chi connectivity index (χ0v) is 8.14. The lowest BCUT2D eigenvalue weighted by Crippen LogP contribution is -2.16. The number of unbranched alkanes of at least 4 members (excludes halogenated alkanes) is 1. The molecule has 0 aliphatic carbocycles. The first-order chi connectivity index (χ1) is 5.91. The van der Waals surface area contributed by atoms with Gasteiger partial charge in [0.05, 0.1) is 6.61 Å². The summed E-state index contributed by atoms with van der Waals surface area (Å²) in [5, 5.41) is 3.35. The van der Waals surface area contributed by atoms with E-state index in [1.165, 1.54) is 12.8 Å². The molecule has 0 aromatic heterocycles. The minimum absolute atomic E-state index is 0.683. The largest absolute Gasteiger partial charge is 0.377 e. The van der Waals surface area contributed by atoms with E-state index in [-0.39, 0.29) is 0 Å². The van der Waals surface area contributed by atoms with Crippen LogP contribution in [0.5, 0.6) is 0 Å². The lowest BCUT2D eigenvalue weighted by atomic mass is 10.3. The standard InChI is InChI=1S/C10H21NO/c1-3-7-11-8-5-6-10-12-9-4-2/h4,11H,2-3,5-10H2,1H3. The molecule has 0 amide bonds. The number of nitrogens with one attached hydrogen (secondary N) is 1. The molecule has 2 heteroatoms. The van der Waals surface area contributed by atoms with Gasteiger partial charge in [0.2, 0.25) is 0 Å². The Bertz CT molecular complexity index is 93.8. The maximum Gasteiger partial charge on any atom is 0.0644 e. The summed E-state index contributed by atoms with van der Waals surface area (Å²) in [6.45, 7) is 9.56. The SMILES string of the molecule is C=CCOCCCCNCCC. The van der Waals surface area contributed by atoms with E-state index in [2.05, 4.69) is 18.8 Å². The molecule has 0 aromatic carbocycles. The van der Waals surface area contributed by atoms with Crippen molar-refractivity contribution in [2.45, 2.75) is 26.2 Å². The van der Waals surface area contributed by atoms with Crippen molar-refractivity contribution < 1.29 is 4.74 Å². The van der Waals surface area contributed by atoms with Crippen molar-refractivity contribution in [2.24, 2.45) is 0 Å². The highest BCUT2D eigenvalue weighted by atomic mass is 16.5. The van der Waals surface area contributed by atoms with E-state index < -0.39 is 0 Å². The van der Waals surface area contributed by atoms with Gasteiger partial charge in [-0.25, -0.2) is 0 Å². The van der Waals surface area contributed by atoms with Crippen molar-refractivity contribution in [2.75, 3.05) is 26.3 Å². The first-order valence-corrected chi connectivity index (χ1v) is 4.81. The van der Waals surface area contributed by atoms with Crippen molar-refractivity contribution in [1.82, 2.24) is 5.32 Å². The van der Waals surface area contributed by atoms with E-state index in [4.69, 9.17) is 4.74 Å². The second-order valence-electron chi connectivity index (χ2n) is 2.82. The zero-order chi connectivity index (χ0) is 9.07. The molecule has 72 valence electrons. The van der Waals surface area contributed by atoms with Gasteiger partial charge in [0.1, 0.15) is 0 Å². The molecule has 12 heavy (non-hydrogen) atoms. The summed E-state index contributed by atoms with van der Waals surface area (Å²) >= 11 is 0. The third kappa shape index (κ3) is 9.66. The molecule has 0 aromatic rings. The first-order valence-electron chi connectivity index (χ1n) is 4.81. The molecule has 0 heterocycles. The van der Waals surface area contributed by atoms with Crippen LogP contribution in [0.4, 0.5) is 0 Å². The Morgan fingerprint density at radius 2 is 2.17 bits per heavy atom. The third-order valence-corrected chi connectivity index (χ3v) is 1.55. The van der Waals surface area contributed by atoms with Gasteiger partial charge in [-0.1, -0.05) is 13.0 Å². The fourth-order valence-corrected chi connectivity index (χ4v) is 0.923. The summed E-state index contributed by atoms with van der Waals surface area (Å²) in [4.78, 5) is 0. The highest BCUT2D eigenvalue weighted by Crippen LogP contribution is 1.88. The maximum atomic E-state index is 5.24. The van der Waals surface area contributed by atoms with E-state index >= 15 is 0 Å². The molecule has 0 aliphatic heterocycles. The molecule has 0 aliphatic rings. The molecule has 0 rings (SSSR count). The Balaban J connectivity index is 2.77. The number of rotatable bonds is 9. The molecule has 0 saturated heterocycles. The summed E-state index contributed by atoms with van der Waals surface area (Å²) in [6.07, 6.45) is 5.35. The minimum atomic E-state index is 0.683. The molecule has 2 nitrogen and oxygen atoms in total. The topological polar surface area (TPSA) is 21.3 Å². The summed E-state index contributed by atoms with van der Waals surface area (Å²) in [7, 11) is 0. The smallest absolute Gasteiger partial charge is 0.0644 e. The Labute approximate surface area is 76.0 Å². The quantitative estimate of drug-likeness (QED) is 0.423. The van der Waals surface area contributed by atoms with Crippen molar-refractivity contribution >= 4 is 0 Å². The average molecular weight is 171 g/mol. The summed E-state index contributed by atoms with van der Waals surface area (Å²) < 4.78 is 5.24. The minimum Gasteiger partial charge on any atom is -0.377 e. The van der Waals surface area contributed by atoms with Crippen molar-refractivity contribution in [3.8, 4) is 0 Å². The first kappa shape index (κ1) is 11.7. The van der Waals surface area contributed by atoms with Crippen LogP contribution in [-0.4, -0.2) is 26.3 Å². The normalized spacial score (nSPS) is 10.1. The van der Waals surface area contributed by atoms with Crippen LogP contribution in [0.2, 0.25) is 0 Å². The van der Waals surface area contributed by atoms with Gasteiger partial charge in [0.15, 0.2) is 0 Å². The van der Waals surface area contributed by atoms with Gasteiger partial charge >= 0.3 is 0 Å². The second-order valence-corrected chi connectivity index (χ2v) is 2.82. The molecule has 0 fully saturated rings. The second kappa shape index (κ2) is 10.7. The molecule has 0 bridgehead atoms. The van der Waals surface area contributed by atoms with Crippen LogP contribution in [0, 0.1) is 0 Å². The van der Waals surface area contributed by atoms with Crippen molar-refractivity contribution in [3.63, 3.8) is 0 Å². The fraction of sp³-hybridized carbons (Fsp3) is 0.800. The lowest BCUT2D eigenvalue weighted by Gasteiger charge is -2.02. The highest BCUT2D eigenvalue weighted by molar-refractivity contribution is 4.63. The van der Waals surface area contributed by atoms with Gasteiger partial charge in [-0.05, 0) is 32.4 Å². The van der Waals surface area contributed by atoms with Crippen LogP contribution >= 0.6 is 0 Å². The lowest BCUT2D eigenvalue weighted by molar-refractivity contribution is 0.158. The van der Waals surface area contributed by atoms with Gasteiger partial charge in [-0.2, -0.15) is 0 Å². The molecular weight excluding hydrogens is 150 g/mol. The average Bonchev–Trinajstić information content (AvgIpc) is 2.10. The number of hydrogen-bond acceptors (Lipinski definition) is 2. The molecule has 1 N–H and O–H groups in total. The zero-order valence-electron chi connectivity index (χ0n) is 8.14. The van der Waals surface area contributed by atoms with Crippen molar-refractivity contribution in [1.29, 1.82) is 0 Å². The summed E-state index contributed by atoms with van der Waals surface area (Å²) in [6, 6.07) is 0. The predicted octanol–water partition coefficient (Wildman–Crippen LogP) is 1.97. The van der Waals surface area contributed by atoms with Gasteiger partial charge in [-0.15, -0.1) is 6.58 Å². The van der Waals surface area contributed by atoms with Gasteiger partial charge in [0.25, 0.3) is 0 Å². The number of ether oxygens (including phenoxy) is 1. The Kier molecular flexibility index (Phi) is 10.4. The summed E-state index contributed by atoms with van der Waals surface area (Å²) in [5.74, 6) is 0. The van der Waals surface area contributed by atoms with Crippen LogP contribution in [0.25, 0.3) is 0 Å². The van der Waals surface area contributed by atoms with Crippen LogP contribution in [0.1, 0.15) is 26.2 Å². The molecule has 0 unspecified atom stereocenters. The monoisotopic (exact) mass is 171 g/mol. The predicted molar refractivity (Wildman–Crippen MR) is 53.4 cm³/mol. The molecule has 0 spiro atoms. The Morgan fingerprint density at radius 3 is 2.83 bits per heavy atom. The van der Waals surface area contributed by atoms with Crippen LogP contribution in [0.15, 0.2) is 12.7 Å². The fourth-order valence-electron chi connectivity index (χ4n) is 0.923. The van der Waals surface area contributed by atoms with E-state index in [1.807, 2.05) is 0 Å².